The first-order valence-corrected chi connectivity index (χ1v) is 15.4. The van der Waals surface area contributed by atoms with Crippen molar-refractivity contribution < 1.29 is 22.7 Å². The molecule has 2 aromatic heterocycles. The molecule has 0 spiro atoms. The molecule has 0 aliphatic carbocycles. The van der Waals surface area contributed by atoms with E-state index >= 15 is 0 Å². The lowest BCUT2D eigenvalue weighted by Gasteiger charge is -2.28. The molecule has 3 N–H and O–H groups in total. The molecule has 4 heterocycles. The largest absolute Gasteiger partial charge is 0.491 e. The van der Waals surface area contributed by atoms with Gasteiger partial charge in [0.2, 0.25) is 0 Å². The Morgan fingerprint density at radius 2 is 1.85 bits per heavy atom. The first-order chi connectivity index (χ1) is 19.3. The van der Waals surface area contributed by atoms with Gasteiger partial charge in [-0.2, -0.15) is 0 Å². The second-order valence-electron chi connectivity index (χ2n) is 10.1. The molecule has 6 rings (SSSR count). The highest BCUT2D eigenvalue weighted by atomic mass is 35.5. The third kappa shape index (κ3) is 5.46. The van der Waals surface area contributed by atoms with Crippen molar-refractivity contribution >= 4 is 55.0 Å². The summed E-state index contributed by atoms with van der Waals surface area (Å²) in [7, 11) is -2.91. The number of nitrogens with two attached hydrogens (primary N) is 1. The van der Waals surface area contributed by atoms with Crippen LogP contribution in [0, 0.1) is 0 Å². The summed E-state index contributed by atoms with van der Waals surface area (Å²) in [6, 6.07) is 13.2. The number of sulfone groups is 1. The van der Waals surface area contributed by atoms with E-state index in [1.54, 1.807) is 18.2 Å². The van der Waals surface area contributed by atoms with Gasteiger partial charge in [-0.15, -0.1) is 0 Å². The smallest absolute Gasteiger partial charge is 0.250 e. The fourth-order valence-corrected chi connectivity index (χ4v) is 6.75. The van der Waals surface area contributed by atoms with Gasteiger partial charge in [0.1, 0.15) is 12.4 Å². The number of pyridine rings is 1. The number of hydrogen-bond acceptors (Lipinski definition) is 8. The monoisotopic (exact) mass is 583 g/mol. The SMILES string of the molecule is NC(=O)c1cc(-c2ccc(OCCN3CCS(=O)(=O)CC3)c(Cl)c2)nc2c1[nH]c1cc(N3CCOCC3)ccc12. The minimum atomic E-state index is -2.91. The van der Waals surface area contributed by atoms with Gasteiger partial charge in [-0.25, -0.2) is 13.4 Å². The second kappa shape index (κ2) is 10.9. The van der Waals surface area contributed by atoms with Gasteiger partial charge in [-0.3, -0.25) is 9.69 Å². The number of ether oxygens (including phenoxy) is 2. The molecule has 210 valence electrons. The molecular weight excluding hydrogens is 554 g/mol. The molecule has 4 aromatic rings. The Morgan fingerprint density at radius 3 is 2.58 bits per heavy atom. The highest BCUT2D eigenvalue weighted by molar-refractivity contribution is 7.91. The number of morpholine rings is 1. The third-order valence-corrected chi connectivity index (χ3v) is 9.41. The van der Waals surface area contributed by atoms with Crippen molar-refractivity contribution in [2.45, 2.75) is 0 Å². The molecule has 2 aliphatic heterocycles. The Bertz CT molecular complexity index is 1690. The van der Waals surface area contributed by atoms with E-state index in [1.165, 1.54) is 0 Å². The summed E-state index contributed by atoms with van der Waals surface area (Å²) in [6.07, 6.45) is 0. The van der Waals surface area contributed by atoms with Gasteiger partial charge in [0.05, 0.1) is 57.5 Å². The van der Waals surface area contributed by atoms with Gasteiger partial charge in [-0.05, 0) is 42.5 Å². The van der Waals surface area contributed by atoms with Gasteiger partial charge in [-0.1, -0.05) is 11.6 Å². The van der Waals surface area contributed by atoms with Crippen molar-refractivity contribution in [3.8, 4) is 17.0 Å². The van der Waals surface area contributed by atoms with Gasteiger partial charge in [0.25, 0.3) is 5.91 Å². The number of nitrogens with zero attached hydrogens (tertiary/aromatic N) is 3. The number of hydrogen-bond donors (Lipinski definition) is 2. The molecule has 40 heavy (non-hydrogen) atoms. The van der Waals surface area contributed by atoms with Gasteiger partial charge in [0.15, 0.2) is 9.84 Å². The van der Waals surface area contributed by atoms with Crippen LogP contribution in [-0.4, -0.2) is 93.2 Å². The Balaban J connectivity index is 1.25. The molecule has 0 radical (unpaired) electrons. The van der Waals surface area contributed by atoms with Crippen LogP contribution in [0.3, 0.4) is 0 Å². The van der Waals surface area contributed by atoms with Crippen LogP contribution < -0.4 is 15.4 Å². The number of nitrogens with one attached hydrogen (secondary N) is 1. The van der Waals surface area contributed by atoms with Gasteiger partial charge < -0.3 is 25.1 Å². The number of halogens is 1. The number of primary amides is 1. The lowest BCUT2D eigenvalue weighted by molar-refractivity contribution is 0.100. The molecule has 2 aliphatic rings. The van der Waals surface area contributed by atoms with Crippen LogP contribution in [0.2, 0.25) is 5.02 Å². The standard InChI is InChI=1S/C28H30ClN5O5S/c29-22-15-18(1-4-25(22)39-12-5-33-8-13-40(36,37)14-9-33)23-17-21(28(30)35)27-26(31-23)20-3-2-19(16-24(20)32-27)34-6-10-38-11-7-34/h1-4,15-17,32H,5-14H2,(H2,30,35). The normalized spacial score (nSPS) is 17.9. The average Bonchev–Trinajstić information content (AvgIpc) is 3.32. The zero-order valence-corrected chi connectivity index (χ0v) is 23.4. The quantitative estimate of drug-likeness (QED) is 0.339. The summed E-state index contributed by atoms with van der Waals surface area (Å²) in [5.41, 5.74) is 10.7. The molecule has 2 saturated heterocycles. The maximum Gasteiger partial charge on any atom is 0.250 e. The van der Waals surface area contributed by atoms with E-state index < -0.39 is 15.7 Å². The number of rotatable bonds is 7. The minimum absolute atomic E-state index is 0.179. The number of amides is 1. The van der Waals surface area contributed by atoms with Crippen molar-refractivity contribution in [2.75, 3.05) is 69.0 Å². The Labute approximate surface area is 236 Å². The molecule has 12 heteroatoms. The first-order valence-electron chi connectivity index (χ1n) is 13.2. The first kappa shape index (κ1) is 26.8. The van der Waals surface area contributed by atoms with E-state index in [2.05, 4.69) is 26.9 Å². The van der Waals surface area contributed by atoms with Gasteiger partial charge in [0, 0.05) is 49.4 Å². The third-order valence-electron chi connectivity index (χ3n) is 7.51. The number of benzene rings is 2. The van der Waals surface area contributed by atoms with Crippen molar-refractivity contribution in [2.24, 2.45) is 5.73 Å². The number of aromatic amines is 1. The van der Waals surface area contributed by atoms with Crippen LogP contribution in [0.1, 0.15) is 10.4 Å². The van der Waals surface area contributed by atoms with Crippen LogP contribution in [0.15, 0.2) is 42.5 Å². The predicted molar refractivity (Wildman–Crippen MR) is 156 cm³/mol. The molecule has 1 amide bonds. The number of H-pyrrole nitrogens is 1. The Hall–Kier alpha value is -3.38. The number of anilines is 1. The molecule has 2 fully saturated rings. The van der Waals surface area contributed by atoms with Crippen LogP contribution in [0.25, 0.3) is 33.2 Å². The molecule has 0 saturated carbocycles. The summed E-state index contributed by atoms with van der Waals surface area (Å²) >= 11 is 6.57. The maximum atomic E-state index is 12.5. The number of fused-ring (bicyclic) bond motifs is 3. The Kier molecular flexibility index (Phi) is 7.30. The zero-order valence-electron chi connectivity index (χ0n) is 21.9. The summed E-state index contributed by atoms with van der Waals surface area (Å²) < 4.78 is 34.6. The predicted octanol–water partition coefficient (Wildman–Crippen LogP) is 3.08. The molecule has 2 aromatic carbocycles. The molecule has 10 nitrogen and oxygen atoms in total. The zero-order chi connectivity index (χ0) is 27.9. The average molecular weight is 584 g/mol. The number of aromatic nitrogens is 2. The fourth-order valence-electron chi connectivity index (χ4n) is 5.24. The van der Waals surface area contributed by atoms with Crippen LogP contribution in [-0.2, 0) is 14.6 Å². The Morgan fingerprint density at radius 1 is 1.07 bits per heavy atom. The van der Waals surface area contributed by atoms with Crippen LogP contribution in [0.4, 0.5) is 5.69 Å². The van der Waals surface area contributed by atoms with E-state index in [1.807, 2.05) is 12.1 Å². The fraction of sp³-hybridized carbons (Fsp3) is 0.357. The molecular formula is C28H30ClN5O5S. The summed E-state index contributed by atoms with van der Waals surface area (Å²) in [4.78, 5) is 25.1. The molecule has 0 atom stereocenters. The number of carbonyl (C=O) groups is 1. The van der Waals surface area contributed by atoms with E-state index in [4.69, 9.17) is 31.8 Å². The van der Waals surface area contributed by atoms with Crippen LogP contribution in [0.5, 0.6) is 5.75 Å². The van der Waals surface area contributed by atoms with E-state index in [-0.39, 0.29) is 11.5 Å². The molecule has 0 unspecified atom stereocenters. The summed E-state index contributed by atoms with van der Waals surface area (Å²) in [5.74, 6) is 0.330. The maximum absolute atomic E-state index is 12.5. The van der Waals surface area contributed by atoms with Crippen molar-refractivity contribution in [3.63, 3.8) is 0 Å². The lowest BCUT2D eigenvalue weighted by atomic mass is 10.1. The van der Waals surface area contributed by atoms with E-state index in [9.17, 15) is 13.2 Å². The van der Waals surface area contributed by atoms with Crippen molar-refractivity contribution in [3.05, 3.63) is 53.1 Å². The van der Waals surface area contributed by atoms with E-state index in [0.29, 0.717) is 72.5 Å². The van der Waals surface area contributed by atoms with Crippen molar-refractivity contribution in [1.82, 2.24) is 14.9 Å². The van der Waals surface area contributed by atoms with Gasteiger partial charge >= 0.3 is 0 Å². The highest BCUT2D eigenvalue weighted by Gasteiger charge is 2.22. The second-order valence-corrected chi connectivity index (χ2v) is 12.8. The summed E-state index contributed by atoms with van der Waals surface area (Å²) in [5, 5.41) is 1.31. The highest BCUT2D eigenvalue weighted by Crippen LogP contribution is 2.34. The summed E-state index contributed by atoms with van der Waals surface area (Å²) in [6.45, 7) is 5.05. The van der Waals surface area contributed by atoms with E-state index in [0.717, 1.165) is 35.2 Å². The number of carbonyl (C=O) groups excluding carboxylic acids is 1. The lowest BCUT2D eigenvalue weighted by Crippen LogP contribution is -2.42. The van der Waals surface area contributed by atoms with Crippen molar-refractivity contribution in [1.29, 1.82) is 0 Å². The molecule has 0 bridgehead atoms. The topological polar surface area (TPSA) is 131 Å². The van der Waals surface area contributed by atoms with Crippen LogP contribution >= 0.6 is 11.6 Å². The minimum Gasteiger partial charge on any atom is -0.491 e.